The highest BCUT2D eigenvalue weighted by molar-refractivity contribution is 6.71. The molecule has 0 saturated carbocycles. The molecule has 0 radical (unpaired) electrons. The Labute approximate surface area is 284 Å². The maximum absolute atomic E-state index is 14.8. The van der Waals surface area contributed by atoms with Gasteiger partial charge in [-0.05, 0) is 74.0 Å². The molecule has 2 saturated heterocycles. The predicted octanol–water partition coefficient (Wildman–Crippen LogP) is 4.15. The Morgan fingerprint density at radius 2 is 1.88 bits per heavy atom. The summed E-state index contributed by atoms with van der Waals surface area (Å²) < 4.78 is 6.72. The molecule has 0 aliphatic carbocycles. The molecule has 13 nitrogen and oxygen atoms in total. The SMILES string of the molecule is C[C@@H]1[C@@H]([Si](C)(C)O)[C@H](CC(=O)N2CCC[C@H]2CO)O[C@@]12C(=O)N(Cc1cccc(NC(=O)c3ccc(N)cc3)c1)c1ccc([N+](=O)[O-])cc12. The minimum atomic E-state index is -3.11. The van der Waals surface area contributed by atoms with E-state index in [9.17, 15) is 34.4 Å². The summed E-state index contributed by atoms with van der Waals surface area (Å²) in [5.41, 5.74) is 6.18. The summed E-state index contributed by atoms with van der Waals surface area (Å²) in [5, 5.41) is 24.6. The fraction of sp³-hybridized carbons (Fsp3) is 0.400. The number of non-ortho nitro benzene ring substituents is 1. The molecule has 3 amide bonds. The summed E-state index contributed by atoms with van der Waals surface area (Å²) in [6.07, 6.45) is 0.520. The highest BCUT2D eigenvalue weighted by atomic mass is 28.4. The van der Waals surface area contributed by atoms with E-state index in [1.807, 2.05) is 13.0 Å². The number of hydrogen-bond donors (Lipinski definition) is 4. The van der Waals surface area contributed by atoms with Gasteiger partial charge in [-0.3, -0.25) is 24.5 Å². The zero-order valence-corrected chi connectivity index (χ0v) is 28.7. The van der Waals surface area contributed by atoms with Crippen molar-refractivity contribution in [3.63, 3.8) is 0 Å². The van der Waals surface area contributed by atoms with Crippen molar-refractivity contribution in [2.75, 3.05) is 29.1 Å². The average Bonchev–Trinajstić information content (AvgIpc) is 3.71. The number of carbonyl (C=O) groups excluding carboxylic acids is 3. The quantitative estimate of drug-likeness (QED) is 0.111. The van der Waals surface area contributed by atoms with E-state index < -0.39 is 42.3 Å². The molecule has 0 aromatic heterocycles. The lowest BCUT2D eigenvalue weighted by molar-refractivity contribution is -0.385. The van der Waals surface area contributed by atoms with Crippen LogP contribution < -0.4 is 16.0 Å². The van der Waals surface area contributed by atoms with Gasteiger partial charge in [0.2, 0.25) is 5.91 Å². The number of aliphatic hydroxyl groups excluding tert-OH is 1. The first kappa shape index (κ1) is 34.2. The van der Waals surface area contributed by atoms with Crippen LogP contribution in [0.3, 0.4) is 0 Å². The van der Waals surface area contributed by atoms with Crippen LogP contribution in [-0.2, 0) is 26.5 Å². The smallest absolute Gasteiger partial charge is 0.269 e. The number of aliphatic hydroxyl groups is 1. The molecule has 3 aromatic rings. The van der Waals surface area contributed by atoms with E-state index in [1.54, 1.807) is 60.5 Å². The normalized spacial score (nSPS) is 24.8. The Morgan fingerprint density at radius 1 is 1.14 bits per heavy atom. The third-order valence-electron chi connectivity index (χ3n) is 10.2. The molecule has 0 unspecified atom stereocenters. The van der Waals surface area contributed by atoms with Crippen LogP contribution in [0.4, 0.5) is 22.7 Å². The number of carbonyl (C=O) groups is 3. The lowest BCUT2D eigenvalue weighted by Gasteiger charge is -2.32. The van der Waals surface area contributed by atoms with Gasteiger partial charge in [0.25, 0.3) is 17.5 Å². The first-order valence-corrected chi connectivity index (χ1v) is 19.4. The minimum Gasteiger partial charge on any atom is -0.432 e. The third kappa shape index (κ3) is 6.20. The summed E-state index contributed by atoms with van der Waals surface area (Å²) in [5.74, 6) is -1.64. The van der Waals surface area contributed by atoms with Crippen molar-refractivity contribution in [2.45, 2.75) is 69.1 Å². The second kappa shape index (κ2) is 13.0. The zero-order valence-electron chi connectivity index (χ0n) is 27.7. The van der Waals surface area contributed by atoms with Crippen LogP contribution in [0.25, 0.3) is 0 Å². The monoisotopic (exact) mass is 687 g/mol. The fourth-order valence-corrected chi connectivity index (χ4v) is 10.5. The number of rotatable bonds is 9. The number of ether oxygens (including phenoxy) is 1. The Morgan fingerprint density at radius 3 is 2.55 bits per heavy atom. The summed E-state index contributed by atoms with van der Waals surface area (Å²) in [4.78, 5) is 67.4. The van der Waals surface area contributed by atoms with Crippen LogP contribution in [0.1, 0.15) is 47.7 Å². The van der Waals surface area contributed by atoms with Crippen molar-refractivity contribution in [2.24, 2.45) is 5.92 Å². The van der Waals surface area contributed by atoms with Crippen molar-refractivity contribution < 1.29 is 33.9 Å². The molecule has 3 aliphatic rings. The molecule has 0 bridgehead atoms. The number of nitrogens with two attached hydrogens (primary N) is 1. The molecule has 258 valence electrons. The van der Waals surface area contributed by atoms with Crippen molar-refractivity contribution in [3.8, 4) is 0 Å². The summed E-state index contributed by atoms with van der Waals surface area (Å²) in [7, 11) is -3.11. The standard InChI is InChI=1S/C35H41N5O8Si/c1-21-32(49(2,3)47)30(18-31(42)38-15-5-8-27(38)20-41)48-35(21)28-17-26(40(45)46)13-14-29(28)39(34(35)44)19-22-6-4-7-25(16-22)37-33(43)23-9-11-24(36)12-10-23/h4,6-7,9-14,16-17,21,27,30,32,41,47H,5,8,15,18-20,36H2,1-3H3,(H,37,43)/t21-,27+,30+,32-,35+/m1/s1. The number of anilines is 3. The van der Waals surface area contributed by atoms with Crippen LogP contribution in [0.15, 0.2) is 66.7 Å². The van der Waals surface area contributed by atoms with Gasteiger partial charge in [0.15, 0.2) is 13.9 Å². The molecule has 14 heteroatoms. The van der Waals surface area contributed by atoms with E-state index in [1.165, 1.54) is 23.1 Å². The molecule has 3 heterocycles. The molecule has 2 fully saturated rings. The maximum Gasteiger partial charge on any atom is 0.269 e. The number of nitro benzene ring substituents is 1. The molecule has 6 rings (SSSR count). The van der Waals surface area contributed by atoms with E-state index in [-0.39, 0.29) is 43.1 Å². The Bertz CT molecular complexity index is 1800. The molecule has 3 aliphatic heterocycles. The number of fused-ring (bicyclic) bond motifs is 2. The first-order valence-electron chi connectivity index (χ1n) is 16.4. The number of benzene rings is 3. The zero-order chi connectivity index (χ0) is 35.2. The second-order valence-corrected chi connectivity index (χ2v) is 17.7. The topological polar surface area (TPSA) is 189 Å². The number of hydrogen-bond acceptors (Lipinski definition) is 9. The molecule has 3 aromatic carbocycles. The number of nitrogen functional groups attached to an aromatic ring is 1. The van der Waals surface area contributed by atoms with Gasteiger partial charge in [-0.1, -0.05) is 19.1 Å². The van der Waals surface area contributed by atoms with Gasteiger partial charge in [-0.2, -0.15) is 0 Å². The molecule has 1 spiro atoms. The maximum atomic E-state index is 14.8. The van der Waals surface area contributed by atoms with Crippen molar-refractivity contribution in [3.05, 3.63) is 93.5 Å². The first-order chi connectivity index (χ1) is 23.2. The predicted molar refractivity (Wildman–Crippen MR) is 185 cm³/mol. The number of nitrogens with zero attached hydrogens (tertiary/aromatic N) is 3. The van der Waals surface area contributed by atoms with Crippen molar-refractivity contribution in [1.82, 2.24) is 4.90 Å². The Kier molecular flexibility index (Phi) is 9.09. The summed E-state index contributed by atoms with van der Waals surface area (Å²) in [6, 6.07) is 17.5. The van der Waals surface area contributed by atoms with Gasteiger partial charge in [0, 0.05) is 52.6 Å². The largest absolute Gasteiger partial charge is 0.432 e. The third-order valence-corrected chi connectivity index (χ3v) is 12.7. The highest BCUT2D eigenvalue weighted by Crippen LogP contribution is 2.60. The van der Waals surface area contributed by atoms with E-state index in [2.05, 4.69) is 5.32 Å². The van der Waals surface area contributed by atoms with Crippen LogP contribution in [0.2, 0.25) is 18.6 Å². The summed E-state index contributed by atoms with van der Waals surface area (Å²) in [6.45, 7) is 5.71. The van der Waals surface area contributed by atoms with Crippen molar-refractivity contribution in [1.29, 1.82) is 0 Å². The van der Waals surface area contributed by atoms with Gasteiger partial charge in [0.1, 0.15) is 0 Å². The number of likely N-dealkylation sites (tertiary alicyclic amines) is 1. The second-order valence-electron chi connectivity index (χ2n) is 13.8. The van der Waals surface area contributed by atoms with Gasteiger partial charge < -0.3 is 35.5 Å². The highest BCUT2D eigenvalue weighted by Gasteiger charge is 2.66. The lowest BCUT2D eigenvalue weighted by Crippen LogP contribution is -2.46. The molecule has 5 N–H and O–H groups in total. The van der Waals surface area contributed by atoms with Gasteiger partial charge in [-0.25, -0.2) is 0 Å². The molecule has 5 atom stereocenters. The van der Waals surface area contributed by atoms with Crippen molar-refractivity contribution >= 4 is 48.8 Å². The summed E-state index contributed by atoms with van der Waals surface area (Å²) >= 11 is 0. The van der Waals surface area contributed by atoms with Gasteiger partial charge in [0.05, 0.1) is 42.3 Å². The van der Waals surface area contributed by atoms with E-state index in [0.29, 0.717) is 46.7 Å². The van der Waals surface area contributed by atoms with E-state index in [4.69, 9.17) is 10.5 Å². The molecule has 49 heavy (non-hydrogen) atoms. The van der Waals surface area contributed by atoms with Crippen LogP contribution in [0.5, 0.6) is 0 Å². The number of nitrogens with one attached hydrogen (secondary N) is 1. The number of nitro groups is 1. The van der Waals surface area contributed by atoms with Crippen LogP contribution >= 0.6 is 0 Å². The lowest BCUT2D eigenvalue weighted by atomic mass is 9.82. The van der Waals surface area contributed by atoms with Crippen LogP contribution in [0, 0.1) is 16.0 Å². The van der Waals surface area contributed by atoms with Gasteiger partial charge >= 0.3 is 0 Å². The minimum absolute atomic E-state index is 0.0627. The molecular formula is C35H41N5O8Si. The average molecular weight is 688 g/mol. The van der Waals surface area contributed by atoms with Crippen LogP contribution in [-0.4, -0.2) is 71.1 Å². The van der Waals surface area contributed by atoms with Gasteiger partial charge in [-0.15, -0.1) is 0 Å². The van der Waals surface area contributed by atoms with E-state index in [0.717, 1.165) is 6.42 Å². The van der Waals surface area contributed by atoms with E-state index >= 15 is 0 Å². The molecular weight excluding hydrogens is 646 g/mol. The Balaban J connectivity index is 1.34. The Hall–Kier alpha value is -4.63. The fourth-order valence-electron chi connectivity index (χ4n) is 7.95. The number of amides is 3.